The molecule has 2 aromatic heterocycles. The molecular formula is C7H7ClN4. The van der Waals surface area contributed by atoms with Gasteiger partial charge in [0.25, 0.3) is 0 Å². The van der Waals surface area contributed by atoms with E-state index in [-0.39, 0.29) is 0 Å². The van der Waals surface area contributed by atoms with Crippen LogP contribution in [0.15, 0.2) is 18.5 Å². The number of aromatic nitrogens is 3. The number of rotatable bonds is 1. The van der Waals surface area contributed by atoms with E-state index < -0.39 is 0 Å². The Morgan fingerprint density at radius 3 is 2.83 bits per heavy atom. The van der Waals surface area contributed by atoms with Gasteiger partial charge in [-0.25, -0.2) is 0 Å². The van der Waals surface area contributed by atoms with Gasteiger partial charge in [0.2, 0.25) is 0 Å². The van der Waals surface area contributed by atoms with Crippen molar-refractivity contribution in [1.82, 2.24) is 15.2 Å². The van der Waals surface area contributed by atoms with Gasteiger partial charge in [-0.3, -0.25) is 5.10 Å². The average molecular weight is 183 g/mol. The first-order valence-corrected chi connectivity index (χ1v) is 3.79. The van der Waals surface area contributed by atoms with Crippen molar-refractivity contribution in [3.8, 4) is 11.3 Å². The van der Waals surface area contributed by atoms with Crippen molar-refractivity contribution in [1.29, 1.82) is 0 Å². The van der Waals surface area contributed by atoms with E-state index >= 15 is 0 Å². The number of nitrogen functional groups attached to an aromatic ring is 1. The first-order chi connectivity index (χ1) is 5.79. The smallest absolute Gasteiger partial charge is 0.148 e. The van der Waals surface area contributed by atoms with Gasteiger partial charge in [-0.15, -0.1) is 0 Å². The third-order valence-corrected chi connectivity index (χ3v) is 1.92. The third-order valence-electron chi connectivity index (χ3n) is 1.63. The Morgan fingerprint density at radius 2 is 2.33 bits per heavy atom. The first-order valence-electron chi connectivity index (χ1n) is 3.41. The third kappa shape index (κ3) is 0.967. The maximum Gasteiger partial charge on any atom is 0.148 e. The van der Waals surface area contributed by atoms with E-state index in [1.54, 1.807) is 6.20 Å². The molecule has 0 amide bonds. The summed E-state index contributed by atoms with van der Waals surface area (Å²) in [5.74, 6) is 0. The summed E-state index contributed by atoms with van der Waals surface area (Å²) in [7, 11) is 0. The summed E-state index contributed by atoms with van der Waals surface area (Å²) in [4.78, 5) is 2.91. The second kappa shape index (κ2) is 2.57. The predicted molar refractivity (Wildman–Crippen MR) is 47.8 cm³/mol. The summed E-state index contributed by atoms with van der Waals surface area (Å²) in [5, 5.41) is 6.94. The second-order valence-electron chi connectivity index (χ2n) is 2.40. The molecular weight excluding hydrogens is 176 g/mol. The molecule has 2 aromatic rings. The highest BCUT2D eigenvalue weighted by Crippen LogP contribution is 2.27. The Bertz CT molecular complexity index is 376. The molecule has 0 atom stereocenters. The van der Waals surface area contributed by atoms with E-state index in [1.807, 2.05) is 12.3 Å². The van der Waals surface area contributed by atoms with Crippen molar-refractivity contribution >= 4 is 17.3 Å². The molecule has 4 N–H and O–H groups in total. The highest BCUT2D eigenvalue weighted by Gasteiger charge is 2.09. The lowest BCUT2D eigenvalue weighted by Gasteiger charge is -1.91. The van der Waals surface area contributed by atoms with Gasteiger partial charge in [0, 0.05) is 18.0 Å². The predicted octanol–water partition coefficient (Wildman–Crippen LogP) is 1.64. The van der Waals surface area contributed by atoms with E-state index in [2.05, 4.69) is 15.2 Å². The summed E-state index contributed by atoms with van der Waals surface area (Å²) in [6.45, 7) is 0. The van der Waals surface area contributed by atoms with Crippen LogP contribution in [0.4, 0.5) is 5.69 Å². The zero-order chi connectivity index (χ0) is 8.55. The largest absolute Gasteiger partial charge is 0.394 e. The van der Waals surface area contributed by atoms with Crippen molar-refractivity contribution in [2.45, 2.75) is 0 Å². The van der Waals surface area contributed by atoms with Crippen LogP contribution in [0.5, 0.6) is 0 Å². The number of aromatic amines is 2. The first kappa shape index (κ1) is 7.24. The summed E-state index contributed by atoms with van der Waals surface area (Å²) in [6.07, 6.45) is 3.61. The maximum atomic E-state index is 5.69. The van der Waals surface area contributed by atoms with Gasteiger partial charge in [-0.1, -0.05) is 11.6 Å². The number of hydrogen-bond acceptors (Lipinski definition) is 2. The van der Waals surface area contributed by atoms with Crippen LogP contribution in [0.1, 0.15) is 0 Å². The van der Waals surface area contributed by atoms with E-state index in [9.17, 15) is 0 Å². The van der Waals surface area contributed by atoms with Gasteiger partial charge in [-0.05, 0) is 6.07 Å². The molecule has 4 nitrogen and oxygen atoms in total. The van der Waals surface area contributed by atoms with Gasteiger partial charge in [-0.2, -0.15) is 5.10 Å². The lowest BCUT2D eigenvalue weighted by molar-refractivity contribution is 1.10. The van der Waals surface area contributed by atoms with Crippen molar-refractivity contribution in [2.75, 3.05) is 5.73 Å². The topological polar surface area (TPSA) is 70.5 Å². The molecule has 0 spiro atoms. The molecule has 0 aliphatic carbocycles. The van der Waals surface area contributed by atoms with Crippen LogP contribution in [0.25, 0.3) is 11.3 Å². The lowest BCUT2D eigenvalue weighted by atomic mass is 10.2. The number of nitrogens with two attached hydrogens (primary N) is 1. The molecule has 0 aliphatic rings. The van der Waals surface area contributed by atoms with Crippen LogP contribution in [-0.4, -0.2) is 15.2 Å². The lowest BCUT2D eigenvalue weighted by Crippen LogP contribution is -1.85. The standard InChI is InChI=1S/C7H7ClN4/c8-7-5(9)6(11-12-7)4-1-2-10-3-4/h1-3,10H,9H2,(H,11,12). The highest BCUT2D eigenvalue weighted by molar-refractivity contribution is 6.32. The summed E-state index contributed by atoms with van der Waals surface area (Å²) in [6, 6.07) is 1.88. The SMILES string of the molecule is Nc1c(-c2cc[nH]c2)n[nH]c1Cl. The Balaban J connectivity index is 2.55. The molecule has 12 heavy (non-hydrogen) atoms. The fourth-order valence-electron chi connectivity index (χ4n) is 1.02. The molecule has 2 heterocycles. The number of nitrogens with one attached hydrogen (secondary N) is 2. The van der Waals surface area contributed by atoms with Gasteiger partial charge < -0.3 is 10.7 Å². The quantitative estimate of drug-likeness (QED) is 0.628. The van der Waals surface area contributed by atoms with Crippen molar-refractivity contribution < 1.29 is 0 Å². The second-order valence-corrected chi connectivity index (χ2v) is 2.78. The molecule has 0 unspecified atom stereocenters. The highest BCUT2D eigenvalue weighted by atomic mass is 35.5. The number of hydrogen-bond donors (Lipinski definition) is 3. The zero-order valence-corrected chi connectivity index (χ0v) is 6.89. The van der Waals surface area contributed by atoms with Crippen LogP contribution in [-0.2, 0) is 0 Å². The van der Waals surface area contributed by atoms with Crippen LogP contribution in [0.2, 0.25) is 5.15 Å². The van der Waals surface area contributed by atoms with Crippen LogP contribution in [0, 0.1) is 0 Å². The van der Waals surface area contributed by atoms with Gasteiger partial charge in [0.05, 0.1) is 5.69 Å². The van der Waals surface area contributed by atoms with Crippen molar-refractivity contribution in [2.24, 2.45) is 0 Å². The zero-order valence-electron chi connectivity index (χ0n) is 6.13. The van der Waals surface area contributed by atoms with Crippen LogP contribution >= 0.6 is 11.6 Å². The minimum Gasteiger partial charge on any atom is -0.394 e. The number of halogens is 1. The minimum atomic E-state index is 0.381. The molecule has 62 valence electrons. The Morgan fingerprint density at radius 1 is 1.50 bits per heavy atom. The van der Waals surface area contributed by atoms with Gasteiger partial charge in [0.1, 0.15) is 10.8 Å². The maximum absolute atomic E-state index is 5.69. The fourth-order valence-corrected chi connectivity index (χ4v) is 1.15. The summed E-state index contributed by atoms with van der Waals surface area (Å²) in [5.41, 5.74) is 7.75. The van der Waals surface area contributed by atoms with Crippen molar-refractivity contribution in [3.05, 3.63) is 23.6 Å². The van der Waals surface area contributed by atoms with E-state index in [1.165, 1.54) is 0 Å². The number of anilines is 1. The summed E-state index contributed by atoms with van der Waals surface area (Å²) < 4.78 is 0. The molecule has 0 saturated heterocycles. The van der Waals surface area contributed by atoms with E-state index in [0.29, 0.717) is 16.5 Å². The molecule has 0 saturated carbocycles. The molecule has 0 aromatic carbocycles. The average Bonchev–Trinajstić information content (AvgIpc) is 2.64. The van der Waals surface area contributed by atoms with E-state index in [4.69, 9.17) is 17.3 Å². The molecule has 0 bridgehead atoms. The minimum absolute atomic E-state index is 0.381. The van der Waals surface area contributed by atoms with Crippen LogP contribution in [0.3, 0.4) is 0 Å². The number of H-pyrrole nitrogens is 2. The van der Waals surface area contributed by atoms with E-state index in [0.717, 1.165) is 5.56 Å². The van der Waals surface area contributed by atoms with Crippen LogP contribution < -0.4 is 5.73 Å². The number of nitrogens with zero attached hydrogens (tertiary/aromatic N) is 1. The molecule has 2 rings (SSSR count). The molecule has 0 radical (unpaired) electrons. The molecule has 0 fully saturated rings. The van der Waals surface area contributed by atoms with Crippen molar-refractivity contribution in [3.63, 3.8) is 0 Å². The molecule has 5 heteroatoms. The Hall–Kier alpha value is -1.42. The Kier molecular flexibility index (Phi) is 1.55. The molecule has 0 aliphatic heterocycles. The van der Waals surface area contributed by atoms with Gasteiger partial charge >= 0.3 is 0 Å². The fraction of sp³-hybridized carbons (Fsp3) is 0. The monoisotopic (exact) mass is 182 g/mol. The normalized spacial score (nSPS) is 10.4. The summed E-state index contributed by atoms with van der Waals surface area (Å²) >= 11 is 5.69. The Labute approximate surface area is 73.7 Å². The van der Waals surface area contributed by atoms with Gasteiger partial charge in [0.15, 0.2) is 0 Å².